The van der Waals surface area contributed by atoms with Gasteiger partial charge in [0.2, 0.25) is 0 Å². The zero-order valence-electron chi connectivity index (χ0n) is 14.6. The summed E-state index contributed by atoms with van der Waals surface area (Å²) in [6, 6.07) is 13.2. The van der Waals surface area contributed by atoms with Crippen molar-refractivity contribution in [2.24, 2.45) is 0 Å². The zero-order chi connectivity index (χ0) is 18.1. The molecule has 2 aromatic carbocycles. The van der Waals surface area contributed by atoms with Crippen molar-refractivity contribution in [3.63, 3.8) is 0 Å². The van der Waals surface area contributed by atoms with E-state index in [1.807, 2.05) is 55.5 Å². The topological polar surface area (TPSA) is 73.6 Å². The first-order chi connectivity index (χ1) is 12.1. The molecule has 2 aromatic rings. The van der Waals surface area contributed by atoms with Gasteiger partial charge in [0, 0.05) is 12.2 Å². The first-order valence-corrected chi connectivity index (χ1v) is 8.17. The van der Waals surface area contributed by atoms with Gasteiger partial charge in [0.05, 0.1) is 7.11 Å². The highest BCUT2D eigenvalue weighted by molar-refractivity contribution is 5.77. The molecular weight excluding hydrogens is 316 g/mol. The van der Waals surface area contributed by atoms with Crippen molar-refractivity contribution in [1.29, 1.82) is 0 Å². The number of nitrogen functional groups attached to an aromatic ring is 1. The molecule has 0 aromatic heterocycles. The van der Waals surface area contributed by atoms with Crippen molar-refractivity contribution in [3.8, 4) is 11.5 Å². The quantitative estimate of drug-likeness (QED) is 0.725. The molecule has 0 aliphatic rings. The molecule has 0 radical (unpaired) electrons. The molecule has 0 saturated carbocycles. The molecule has 2 rings (SSSR count). The van der Waals surface area contributed by atoms with Crippen LogP contribution in [0.5, 0.6) is 11.5 Å². The van der Waals surface area contributed by atoms with E-state index in [-0.39, 0.29) is 12.5 Å². The smallest absolute Gasteiger partial charge is 0.257 e. The fraction of sp³-hybridized carbons (Fsp3) is 0.250. The summed E-state index contributed by atoms with van der Waals surface area (Å²) < 4.78 is 10.9. The monoisotopic (exact) mass is 340 g/mol. The number of nitrogens with one attached hydrogen (secondary N) is 1. The molecule has 0 spiro atoms. The third-order valence-corrected chi connectivity index (χ3v) is 3.62. The number of amides is 1. The van der Waals surface area contributed by atoms with Gasteiger partial charge in [-0.25, -0.2) is 0 Å². The van der Waals surface area contributed by atoms with Crippen LogP contribution < -0.4 is 20.5 Å². The zero-order valence-corrected chi connectivity index (χ0v) is 14.6. The second kappa shape index (κ2) is 9.37. The number of hydrogen-bond acceptors (Lipinski definition) is 4. The van der Waals surface area contributed by atoms with Gasteiger partial charge >= 0.3 is 0 Å². The number of rotatable bonds is 8. The molecule has 0 atom stereocenters. The molecule has 0 aliphatic carbocycles. The number of allylic oxidation sites excluding steroid dienone is 1. The van der Waals surface area contributed by atoms with Crippen LogP contribution in [0.4, 0.5) is 5.69 Å². The Bertz CT molecular complexity index is 724. The molecular formula is C20H24N2O3. The highest BCUT2D eigenvalue weighted by Crippen LogP contribution is 2.28. The lowest BCUT2D eigenvalue weighted by Gasteiger charge is -2.11. The third kappa shape index (κ3) is 5.88. The maximum atomic E-state index is 11.9. The van der Waals surface area contributed by atoms with E-state index in [4.69, 9.17) is 15.2 Å². The predicted molar refractivity (Wildman–Crippen MR) is 101 cm³/mol. The largest absolute Gasteiger partial charge is 0.493 e. The number of benzene rings is 2. The molecule has 132 valence electrons. The van der Waals surface area contributed by atoms with Crippen molar-refractivity contribution in [2.45, 2.75) is 13.3 Å². The van der Waals surface area contributed by atoms with Gasteiger partial charge < -0.3 is 20.5 Å². The van der Waals surface area contributed by atoms with Gasteiger partial charge in [0.1, 0.15) is 0 Å². The van der Waals surface area contributed by atoms with E-state index >= 15 is 0 Å². The van der Waals surface area contributed by atoms with Gasteiger partial charge in [-0.15, -0.1) is 0 Å². The number of hydrogen-bond donors (Lipinski definition) is 2. The number of carbonyl (C=O) groups excluding carboxylic acids is 1. The van der Waals surface area contributed by atoms with Gasteiger partial charge in [-0.1, -0.05) is 30.4 Å². The second-order valence-corrected chi connectivity index (χ2v) is 5.54. The average Bonchev–Trinajstić information content (AvgIpc) is 2.62. The Labute approximate surface area is 148 Å². The Balaban J connectivity index is 1.80. The molecule has 0 saturated heterocycles. The number of anilines is 1. The SMILES string of the molecule is C/C=C/c1ccc(OCC(=O)NCCc2ccc(N)cc2)c(OC)c1. The van der Waals surface area contributed by atoms with Crippen molar-refractivity contribution in [3.05, 3.63) is 59.7 Å². The van der Waals surface area contributed by atoms with E-state index in [0.29, 0.717) is 18.0 Å². The minimum atomic E-state index is -0.171. The van der Waals surface area contributed by atoms with Crippen molar-refractivity contribution in [2.75, 3.05) is 26.0 Å². The molecule has 0 heterocycles. The Morgan fingerprint density at radius 2 is 1.92 bits per heavy atom. The minimum absolute atomic E-state index is 0.0545. The van der Waals surface area contributed by atoms with Gasteiger partial charge in [0.25, 0.3) is 5.91 Å². The van der Waals surface area contributed by atoms with Gasteiger partial charge in [0.15, 0.2) is 18.1 Å². The fourth-order valence-electron chi connectivity index (χ4n) is 2.32. The molecule has 0 bridgehead atoms. The first kappa shape index (κ1) is 18.4. The lowest BCUT2D eigenvalue weighted by atomic mass is 10.1. The van der Waals surface area contributed by atoms with Gasteiger partial charge in [-0.3, -0.25) is 4.79 Å². The van der Waals surface area contributed by atoms with Crippen LogP contribution in [0.2, 0.25) is 0 Å². The molecule has 0 unspecified atom stereocenters. The average molecular weight is 340 g/mol. The van der Waals surface area contributed by atoms with Crippen molar-refractivity contribution in [1.82, 2.24) is 5.32 Å². The summed E-state index contributed by atoms with van der Waals surface area (Å²) in [6.45, 7) is 2.44. The molecule has 3 N–H and O–H groups in total. The standard InChI is InChI=1S/C20H24N2O3/c1-3-4-16-7-10-18(19(13-16)24-2)25-14-20(23)22-12-11-15-5-8-17(21)9-6-15/h3-10,13H,11-12,14,21H2,1-2H3,(H,22,23)/b4-3+. The summed E-state index contributed by atoms with van der Waals surface area (Å²) in [6.07, 6.45) is 4.66. The first-order valence-electron chi connectivity index (χ1n) is 8.17. The molecule has 1 amide bonds. The van der Waals surface area contributed by atoms with Crippen molar-refractivity contribution < 1.29 is 14.3 Å². The highest BCUT2D eigenvalue weighted by Gasteiger charge is 2.08. The summed E-state index contributed by atoms with van der Waals surface area (Å²) in [4.78, 5) is 11.9. The Morgan fingerprint density at radius 3 is 2.60 bits per heavy atom. The van der Waals surface area contributed by atoms with Gasteiger partial charge in [-0.2, -0.15) is 0 Å². The van der Waals surface area contributed by atoms with E-state index in [2.05, 4.69) is 5.32 Å². The molecule has 5 heteroatoms. The summed E-state index contributed by atoms with van der Waals surface area (Å²) >= 11 is 0. The fourth-order valence-corrected chi connectivity index (χ4v) is 2.32. The number of nitrogens with two attached hydrogens (primary N) is 1. The molecule has 0 aliphatic heterocycles. The van der Waals surface area contributed by atoms with Crippen LogP contribution >= 0.6 is 0 Å². The van der Waals surface area contributed by atoms with Crippen LogP contribution in [0.3, 0.4) is 0 Å². The lowest BCUT2D eigenvalue weighted by Crippen LogP contribution is -2.30. The van der Waals surface area contributed by atoms with Crippen LogP contribution in [0.15, 0.2) is 48.5 Å². The van der Waals surface area contributed by atoms with Crippen LogP contribution in [0.1, 0.15) is 18.1 Å². The van der Waals surface area contributed by atoms with Crippen LogP contribution in [0.25, 0.3) is 6.08 Å². The maximum Gasteiger partial charge on any atom is 0.257 e. The minimum Gasteiger partial charge on any atom is -0.493 e. The predicted octanol–water partition coefficient (Wildman–Crippen LogP) is 3.05. The van der Waals surface area contributed by atoms with E-state index < -0.39 is 0 Å². The second-order valence-electron chi connectivity index (χ2n) is 5.54. The van der Waals surface area contributed by atoms with Crippen molar-refractivity contribution >= 4 is 17.7 Å². The Hall–Kier alpha value is -2.95. The number of methoxy groups -OCH3 is 1. The van der Waals surface area contributed by atoms with E-state index in [1.165, 1.54) is 0 Å². The number of ether oxygens (including phenoxy) is 2. The summed E-state index contributed by atoms with van der Waals surface area (Å²) in [5.74, 6) is 0.977. The van der Waals surface area contributed by atoms with Crippen LogP contribution in [0, 0.1) is 0 Å². The lowest BCUT2D eigenvalue weighted by molar-refractivity contribution is -0.123. The highest BCUT2D eigenvalue weighted by atomic mass is 16.5. The van der Waals surface area contributed by atoms with Gasteiger partial charge in [-0.05, 0) is 48.7 Å². The Morgan fingerprint density at radius 1 is 1.16 bits per heavy atom. The normalized spacial score (nSPS) is 10.6. The number of carbonyl (C=O) groups is 1. The molecule has 5 nitrogen and oxygen atoms in total. The van der Waals surface area contributed by atoms with Crippen LogP contribution in [-0.4, -0.2) is 26.2 Å². The Kier molecular flexibility index (Phi) is 6.89. The maximum absolute atomic E-state index is 11.9. The van der Waals surface area contributed by atoms with E-state index in [1.54, 1.807) is 13.2 Å². The third-order valence-electron chi connectivity index (χ3n) is 3.62. The molecule has 25 heavy (non-hydrogen) atoms. The van der Waals surface area contributed by atoms with Crippen LogP contribution in [-0.2, 0) is 11.2 Å². The summed E-state index contributed by atoms with van der Waals surface area (Å²) in [7, 11) is 1.58. The van der Waals surface area contributed by atoms with E-state index in [9.17, 15) is 4.79 Å². The summed E-state index contributed by atoms with van der Waals surface area (Å²) in [5.41, 5.74) is 8.52. The molecule has 0 fully saturated rings. The summed E-state index contributed by atoms with van der Waals surface area (Å²) in [5, 5.41) is 2.84. The van der Waals surface area contributed by atoms with E-state index in [0.717, 1.165) is 23.2 Å².